The molecule has 0 aromatic carbocycles. The summed E-state index contributed by atoms with van der Waals surface area (Å²) < 4.78 is 21.8. The van der Waals surface area contributed by atoms with Gasteiger partial charge in [-0.2, -0.15) is 11.8 Å². The summed E-state index contributed by atoms with van der Waals surface area (Å²) in [6.07, 6.45) is 1.29. The highest BCUT2D eigenvalue weighted by Crippen LogP contribution is 2.30. The fourth-order valence-electron chi connectivity index (χ4n) is 0.962. The van der Waals surface area contributed by atoms with E-state index in [1.165, 1.54) is 6.26 Å². The molecule has 0 heterocycles. The van der Waals surface area contributed by atoms with Crippen LogP contribution in [0.1, 0.15) is 20.8 Å². The zero-order valence-electron chi connectivity index (χ0n) is 9.92. The zero-order chi connectivity index (χ0) is 12.1. The molecule has 0 fully saturated rings. The third kappa shape index (κ3) is 8.57. The van der Waals surface area contributed by atoms with Crippen molar-refractivity contribution < 1.29 is 8.42 Å². The molecule has 0 spiro atoms. The average Bonchev–Trinajstić information content (AvgIpc) is 1.99. The summed E-state index contributed by atoms with van der Waals surface area (Å²) in [5.41, 5.74) is 0.279. The molecule has 15 heavy (non-hydrogen) atoms. The molecular weight excluding hydrogens is 296 g/mol. The van der Waals surface area contributed by atoms with Gasteiger partial charge in [-0.05, 0) is 17.1 Å². The minimum atomic E-state index is -2.80. The van der Waals surface area contributed by atoms with Gasteiger partial charge in [-0.1, -0.05) is 36.7 Å². The Morgan fingerprint density at radius 3 is 2.20 bits per heavy atom. The van der Waals surface area contributed by atoms with E-state index in [2.05, 4.69) is 36.7 Å². The van der Waals surface area contributed by atoms with Crippen LogP contribution in [0.4, 0.5) is 0 Å². The Kier molecular flexibility index (Phi) is 6.84. The van der Waals surface area contributed by atoms with E-state index < -0.39 is 9.84 Å². The van der Waals surface area contributed by atoms with Gasteiger partial charge in [0.1, 0.15) is 9.84 Å². The van der Waals surface area contributed by atoms with Gasteiger partial charge >= 0.3 is 0 Å². The third-order valence-corrected chi connectivity index (χ3v) is 5.45. The monoisotopic (exact) mass is 316 g/mol. The predicted molar refractivity (Wildman–Crippen MR) is 73.8 cm³/mol. The summed E-state index contributed by atoms with van der Waals surface area (Å²) in [4.78, 5) is 0. The van der Waals surface area contributed by atoms with Crippen molar-refractivity contribution in [2.24, 2.45) is 11.3 Å². The summed E-state index contributed by atoms with van der Waals surface area (Å²) >= 11 is 5.24. The first-order valence-electron chi connectivity index (χ1n) is 4.98. The van der Waals surface area contributed by atoms with Gasteiger partial charge in [-0.25, -0.2) is 8.42 Å². The summed E-state index contributed by atoms with van der Waals surface area (Å²) in [6.45, 7) is 6.65. The first-order chi connectivity index (χ1) is 6.67. The van der Waals surface area contributed by atoms with E-state index in [0.717, 1.165) is 11.1 Å². The van der Waals surface area contributed by atoms with Gasteiger partial charge in [0.15, 0.2) is 0 Å². The molecular formula is C10H21BrO2S2. The standard InChI is InChI=1S/C10H21BrO2S2/c1-10(2,3)9(7-11)8-14-5-6-15(4,12)13/h9H,5-8H2,1-4H3. The van der Waals surface area contributed by atoms with Gasteiger partial charge in [0.2, 0.25) is 0 Å². The van der Waals surface area contributed by atoms with Crippen molar-refractivity contribution in [2.75, 3.05) is 28.8 Å². The van der Waals surface area contributed by atoms with Crippen molar-refractivity contribution in [3.8, 4) is 0 Å². The van der Waals surface area contributed by atoms with Crippen molar-refractivity contribution in [1.29, 1.82) is 0 Å². The molecule has 1 atom stereocenters. The first kappa shape index (κ1) is 15.8. The Morgan fingerprint density at radius 2 is 1.87 bits per heavy atom. The van der Waals surface area contributed by atoms with Crippen molar-refractivity contribution in [2.45, 2.75) is 20.8 Å². The highest BCUT2D eigenvalue weighted by molar-refractivity contribution is 9.09. The molecule has 0 N–H and O–H groups in total. The Balaban J connectivity index is 3.85. The number of hydrogen-bond donors (Lipinski definition) is 0. The largest absolute Gasteiger partial charge is 0.229 e. The molecule has 0 aliphatic rings. The van der Waals surface area contributed by atoms with Crippen molar-refractivity contribution >= 4 is 37.5 Å². The number of alkyl halides is 1. The molecule has 5 heteroatoms. The van der Waals surface area contributed by atoms with Gasteiger partial charge in [-0.3, -0.25) is 0 Å². The molecule has 0 aliphatic carbocycles. The maximum Gasteiger partial charge on any atom is 0.148 e. The predicted octanol–water partition coefficient (Wildman–Crippen LogP) is 2.82. The smallest absolute Gasteiger partial charge is 0.148 e. The van der Waals surface area contributed by atoms with Crippen LogP contribution in [0, 0.1) is 11.3 Å². The quantitative estimate of drug-likeness (QED) is 0.558. The van der Waals surface area contributed by atoms with E-state index in [1.54, 1.807) is 11.8 Å². The van der Waals surface area contributed by atoms with E-state index in [4.69, 9.17) is 0 Å². The Labute approximate surface area is 107 Å². The Hall–Kier alpha value is 0.780. The maximum absolute atomic E-state index is 10.9. The van der Waals surface area contributed by atoms with E-state index >= 15 is 0 Å². The summed E-state index contributed by atoms with van der Waals surface area (Å²) in [7, 11) is -2.80. The first-order valence-corrected chi connectivity index (χ1v) is 9.32. The van der Waals surface area contributed by atoms with Crippen molar-refractivity contribution in [1.82, 2.24) is 0 Å². The Bertz CT molecular complexity index is 268. The molecule has 0 amide bonds. The summed E-state index contributed by atoms with van der Waals surface area (Å²) in [5.74, 6) is 2.60. The van der Waals surface area contributed by atoms with Gasteiger partial charge in [0.05, 0.1) is 5.75 Å². The van der Waals surface area contributed by atoms with Crippen LogP contribution in [0.2, 0.25) is 0 Å². The number of sulfone groups is 1. The lowest BCUT2D eigenvalue weighted by atomic mass is 9.83. The topological polar surface area (TPSA) is 34.1 Å². The highest BCUT2D eigenvalue weighted by Gasteiger charge is 2.23. The zero-order valence-corrected chi connectivity index (χ0v) is 13.1. The molecule has 0 aromatic heterocycles. The van der Waals surface area contributed by atoms with Crippen LogP contribution in [-0.4, -0.2) is 37.3 Å². The van der Waals surface area contributed by atoms with Crippen molar-refractivity contribution in [3.05, 3.63) is 0 Å². The van der Waals surface area contributed by atoms with E-state index in [9.17, 15) is 8.42 Å². The summed E-state index contributed by atoms with van der Waals surface area (Å²) in [6, 6.07) is 0. The van der Waals surface area contributed by atoms with Gasteiger partial charge in [-0.15, -0.1) is 0 Å². The fraction of sp³-hybridized carbons (Fsp3) is 1.00. The van der Waals surface area contributed by atoms with Crippen LogP contribution in [0.25, 0.3) is 0 Å². The Morgan fingerprint density at radius 1 is 1.33 bits per heavy atom. The average molecular weight is 317 g/mol. The molecule has 1 unspecified atom stereocenters. The number of hydrogen-bond acceptors (Lipinski definition) is 3. The van der Waals surface area contributed by atoms with E-state index in [-0.39, 0.29) is 11.2 Å². The van der Waals surface area contributed by atoms with Crippen LogP contribution in [0.15, 0.2) is 0 Å². The lowest BCUT2D eigenvalue weighted by Crippen LogP contribution is -2.24. The molecule has 92 valence electrons. The molecule has 2 nitrogen and oxygen atoms in total. The van der Waals surface area contributed by atoms with Gasteiger partial charge < -0.3 is 0 Å². The van der Waals surface area contributed by atoms with Crippen LogP contribution in [0.5, 0.6) is 0 Å². The van der Waals surface area contributed by atoms with Gasteiger partial charge in [0, 0.05) is 17.3 Å². The third-order valence-electron chi connectivity index (χ3n) is 2.33. The summed E-state index contributed by atoms with van der Waals surface area (Å²) in [5, 5.41) is 0.975. The number of thioether (sulfide) groups is 1. The van der Waals surface area contributed by atoms with E-state index in [0.29, 0.717) is 11.7 Å². The molecule has 0 saturated heterocycles. The minimum absolute atomic E-state index is 0.279. The molecule has 0 radical (unpaired) electrons. The lowest BCUT2D eigenvalue weighted by molar-refractivity contribution is 0.295. The second-order valence-corrected chi connectivity index (χ2v) is 8.98. The number of rotatable bonds is 6. The van der Waals surface area contributed by atoms with Crippen LogP contribution < -0.4 is 0 Å². The highest BCUT2D eigenvalue weighted by atomic mass is 79.9. The van der Waals surface area contributed by atoms with E-state index in [1.807, 2.05) is 0 Å². The van der Waals surface area contributed by atoms with Crippen LogP contribution >= 0.6 is 27.7 Å². The molecule has 0 saturated carbocycles. The normalized spacial score (nSPS) is 15.3. The van der Waals surface area contributed by atoms with Gasteiger partial charge in [0.25, 0.3) is 0 Å². The maximum atomic E-state index is 10.9. The molecule has 0 aromatic rings. The lowest BCUT2D eigenvalue weighted by Gasteiger charge is -2.28. The van der Waals surface area contributed by atoms with Crippen LogP contribution in [0.3, 0.4) is 0 Å². The number of halogens is 1. The SMILES string of the molecule is CC(C)(C)C(CBr)CSCCS(C)(=O)=O. The second kappa shape index (κ2) is 6.50. The van der Waals surface area contributed by atoms with Crippen LogP contribution in [-0.2, 0) is 9.84 Å². The van der Waals surface area contributed by atoms with Crippen molar-refractivity contribution in [3.63, 3.8) is 0 Å². The minimum Gasteiger partial charge on any atom is -0.229 e. The molecule has 0 bridgehead atoms. The fourth-order valence-corrected chi connectivity index (χ4v) is 5.22. The molecule has 0 rings (SSSR count). The molecule has 0 aliphatic heterocycles. The second-order valence-electron chi connectivity index (χ2n) is 4.92.